The van der Waals surface area contributed by atoms with Gasteiger partial charge in [-0.15, -0.1) is 6.58 Å². The van der Waals surface area contributed by atoms with Gasteiger partial charge in [-0.3, -0.25) is 4.79 Å². The minimum atomic E-state index is -1.12. The van der Waals surface area contributed by atoms with Crippen molar-refractivity contribution in [2.45, 2.75) is 19.4 Å². The smallest absolute Gasteiger partial charge is 0.371 e. The molecule has 0 aliphatic rings. The predicted octanol–water partition coefficient (Wildman–Crippen LogP) is 1.56. The van der Waals surface area contributed by atoms with Gasteiger partial charge in [-0.1, -0.05) is 6.08 Å². The van der Waals surface area contributed by atoms with Gasteiger partial charge < -0.3 is 14.8 Å². The maximum Gasteiger partial charge on any atom is 0.371 e. The van der Waals surface area contributed by atoms with E-state index in [1.807, 2.05) is 0 Å². The van der Waals surface area contributed by atoms with Crippen molar-refractivity contribution < 1.29 is 19.1 Å². The highest BCUT2D eigenvalue weighted by atomic mass is 16.4. The molecule has 1 heterocycles. The molecule has 5 heteroatoms. The molecule has 0 spiro atoms. The van der Waals surface area contributed by atoms with E-state index in [0.717, 1.165) is 0 Å². The van der Waals surface area contributed by atoms with Crippen LogP contribution in [0.25, 0.3) is 0 Å². The molecule has 5 nitrogen and oxygen atoms in total. The fourth-order valence-corrected chi connectivity index (χ4v) is 1.10. The van der Waals surface area contributed by atoms with Crippen LogP contribution in [-0.4, -0.2) is 17.0 Å². The number of allylic oxidation sites excluding steroid dienone is 1. The van der Waals surface area contributed by atoms with Gasteiger partial charge in [0, 0.05) is 6.42 Å². The Hall–Kier alpha value is -2.04. The minimum Gasteiger partial charge on any atom is -0.475 e. The number of hydrogen-bond donors (Lipinski definition) is 2. The van der Waals surface area contributed by atoms with Crippen molar-refractivity contribution >= 4 is 11.9 Å². The zero-order chi connectivity index (χ0) is 12.0. The first-order valence-electron chi connectivity index (χ1n) is 4.83. The van der Waals surface area contributed by atoms with Crippen LogP contribution in [0.4, 0.5) is 0 Å². The SMILES string of the molecule is C=CCCC(=O)NCc1ccc(C(=O)O)o1. The Balaban J connectivity index is 2.39. The minimum absolute atomic E-state index is 0.117. The zero-order valence-electron chi connectivity index (χ0n) is 8.73. The molecule has 2 N–H and O–H groups in total. The number of amides is 1. The van der Waals surface area contributed by atoms with Gasteiger partial charge in [0.25, 0.3) is 0 Å². The predicted molar refractivity (Wildman–Crippen MR) is 56.9 cm³/mol. The third kappa shape index (κ3) is 3.61. The van der Waals surface area contributed by atoms with E-state index in [1.54, 1.807) is 6.08 Å². The van der Waals surface area contributed by atoms with Gasteiger partial charge in [-0.25, -0.2) is 4.79 Å². The fraction of sp³-hybridized carbons (Fsp3) is 0.273. The van der Waals surface area contributed by atoms with Gasteiger partial charge in [0.1, 0.15) is 5.76 Å². The summed E-state index contributed by atoms with van der Waals surface area (Å²) in [5.41, 5.74) is 0. The number of furan rings is 1. The molecule has 0 fully saturated rings. The highest BCUT2D eigenvalue weighted by Crippen LogP contribution is 2.07. The lowest BCUT2D eigenvalue weighted by Gasteiger charge is -2.00. The monoisotopic (exact) mass is 223 g/mol. The molecule has 86 valence electrons. The molecule has 0 radical (unpaired) electrons. The molecule has 0 aliphatic carbocycles. The number of aromatic carboxylic acids is 1. The van der Waals surface area contributed by atoms with Crippen LogP contribution in [0.15, 0.2) is 29.2 Å². The summed E-state index contributed by atoms with van der Waals surface area (Å²) in [5.74, 6) is -0.947. The Morgan fingerprint density at radius 1 is 1.50 bits per heavy atom. The number of carboxylic acids is 1. The second kappa shape index (κ2) is 5.75. The van der Waals surface area contributed by atoms with E-state index in [4.69, 9.17) is 9.52 Å². The van der Waals surface area contributed by atoms with E-state index < -0.39 is 5.97 Å². The number of carboxylic acid groups (broad SMARTS) is 1. The first-order chi connectivity index (χ1) is 7.63. The third-order valence-corrected chi connectivity index (χ3v) is 1.91. The van der Waals surface area contributed by atoms with Gasteiger partial charge in [0.15, 0.2) is 0 Å². The number of nitrogens with one attached hydrogen (secondary N) is 1. The van der Waals surface area contributed by atoms with E-state index in [0.29, 0.717) is 18.6 Å². The molecule has 0 bridgehead atoms. The van der Waals surface area contributed by atoms with Gasteiger partial charge >= 0.3 is 5.97 Å². The largest absolute Gasteiger partial charge is 0.475 e. The van der Waals surface area contributed by atoms with E-state index in [9.17, 15) is 9.59 Å². The number of carbonyl (C=O) groups excluding carboxylic acids is 1. The molecule has 0 atom stereocenters. The van der Waals surface area contributed by atoms with E-state index in [2.05, 4.69) is 11.9 Å². The van der Waals surface area contributed by atoms with Crippen molar-refractivity contribution in [2.75, 3.05) is 0 Å². The molecule has 0 saturated carbocycles. The molecular weight excluding hydrogens is 210 g/mol. The van der Waals surface area contributed by atoms with Gasteiger partial charge in [-0.2, -0.15) is 0 Å². The van der Waals surface area contributed by atoms with Crippen molar-refractivity contribution in [3.8, 4) is 0 Å². The summed E-state index contributed by atoms with van der Waals surface area (Å²) < 4.78 is 4.97. The van der Waals surface area contributed by atoms with E-state index in [-0.39, 0.29) is 18.2 Å². The maximum absolute atomic E-state index is 11.2. The van der Waals surface area contributed by atoms with Crippen LogP contribution in [0, 0.1) is 0 Å². The van der Waals surface area contributed by atoms with Crippen LogP contribution in [0.5, 0.6) is 0 Å². The molecule has 0 unspecified atom stereocenters. The Morgan fingerprint density at radius 3 is 2.81 bits per heavy atom. The summed E-state index contributed by atoms with van der Waals surface area (Å²) in [6.07, 6.45) is 2.65. The van der Waals surface area contributed by atoms with Crippen molar-refractivity contribution in [1.29, 1.82) is 0 Å². The molecule has 1 rings (SSSR count). The Morgan fingerprint density at radius 2 is 2.25 bits per heavy atom. The molecule has 1 aromatic heterocycles. The number of rotatable bonds is 6. The Bertz CT molecular complexity index is 394. The standard InChI is InChI=1S/C11H13NO4/c1-2-3-4-10(13)12-7-8-5-6-9(16-8)11(14)15/h2,5-6H,1,3-4,7H2,(H,12,13)(H,14,15). The summed E-state index contributed by atoms with van der Waals surface area (Å²) in [6.45, 7) is 3.71. The second-order valence-electron chi connectivity index (χ2n) is 3.18. The Kier molecular flexibility index (Phi) is 4.32. The second-order valence-corrected chi connectivity index (χ2v) is 3.18. The summed E-state index contributed by atoms with van der Waals surface area (Å²) in [4.78, 5) is 21.7. The number of carbonyl (C=O) groups is 2. The summed E-state index contributed by atoms with van der Waals surface area (Å²) in [6, 6.07) is 2.88. The first kappa shape index (κ1) is 12.0. The molecule has 0 aliphatic heterocycles. The lowest BCUT2D eigenvalue weighted by atomic mass is 10.3. The first-order valence-corrected chi connectivity index (χ1v) is 4.83. The van der Waals surface area contributed by atoms with Crippen molar-refractivity contribution in [3.63, 3.8) is 0 Å². The fourth-order valence-electron chi connectivity index (χ4n) is 1.10. The Labute approximate surface area is 92.8 Å². The van der Waals surface area contributed by atoms with Gasteiger partial charge in [0.2, 0.25) is 11.7 Å². The molecular formula is C11H13NO4. The molecule has 0 saturated heterocycles. The molecule has 0 aromatic carbocycles. The van der Waals surface area contributed by atoms with Crippen LogP contribution < -0.4 is 5.32 Å². The quantitative estimate of drug-likeness (QED) is 0.717. The normalized spacial score (nSPS) is 9.75. The van der Waals surface area contributed by atoms with Crippen molar-refractivity contribution in [2.24, 2.45) is 0 Å². The van der Waals surface area contributed by atoms with Gasteiger partial charge in [0.05, 0.1) is 6.54 Å². The van der Waals surface area contributed by atoms with Crippen molar-refractivity contribution in [1.82, 2.24) is 5.32 Å². The van der Waals surface area contributed by atoms with Crippen molar-refractivity contribution in [3.05, 3.63) is 36.3 Å². The molecule has 16 heavy (non-hydrogen) atoms. The zero-order valence-corrected chi connectivity index (χ0v) is 8.73. The third-order valence-electron chi connectivity index (χ3n) is 1.91. The van der Waals surface area contributed by atoms with Gasteiger partial charge in [-0.05, 0) is 18.6 Å². The molecule has 1 aromatic rings. The van der Waals surface area contributed by atoms with E-state index >= 15 is 0 Å². The van der Waals surface area contributed by atoms with Crippen LogP contribution in [0.1, 0.15) is 29.2 Å². The lowest BCUT2D eigenvalue weighted by Crippen LogP contribution is -2.21. The van der Waals surface area contributed by atoms with Crippen LogP contribution in [-0.2, 0) is 11.3 Å². The van der Waals surface area contributed by atoms with Crippen LogP contribution >= 0.6 is 0 Å². The van der Waals surface area contributed by atoms with Crippen LogP contribution in [0.2, 0.25) is 0 Å². The number of hydrogen-bond acceptors (Lipinski definition) is 3. The van der Waals surface area contributed by atoms with E-state index in [1.165, 1.54) is 12.1 Å². The average Bonchev–Trinajstić information content (AvgIpc) is 2.72. The topological polar surface area (TPSA) is 79.5 Å². The lowest BCUT2D eigenvalue weighted by molar-refractivity contribution is -0.121. The summed E-state index contributed by atoms with van der Waals surface area (Å²) in [7, 11) is 0. The molecule has 1 amide bonds. The average molecular weight is 223 g/mol. The highest BCUT2D eigenvalue weighted by molar-refractivity contribution is 5.84. The maximum atomic E-state index is 11.2. The summed E-state index contributed by atoms with van der Waals surface area (Å²) >= 11 is 0. The highest BCUT2D eigenvalue weighted by Gasteiger charge is 2.09. The van der Waals surface area contributed by atoms with Crippen LogP contribution in [0.3, 0.4) is 0 Å². The summed E-state index contributed by atoms with van der Waals surface area (Å²) in [5, 5.41) is 11.2.